The van der Waals surface area contributed by atoms with E-state index in [-0.39, 0.29) is 30.2 Å². The van der Waals surface area contributed by atoms with Gasteiger partial charge in [-0.25, -0.2) is 5.43 Å². The molecule has 3 aromatic carbocycles. The predicted octanol–water partition coefficient (Wildman–Crippen LogP) is 4.17. The monoisotopic (exact) mass is 507 g/mol. The standard InChI is InChI=1S/C24H21N5O8/c1-36-19-8-5-17(6-9-19)26-23(30)11-12-24(31)27-25-15-16-3-2-4-20(13-16)37-22-10-7-18(28(32)33)14-21(22)29(34)35/h2-10,13-15H,11-12H2,1H3,(H,26,30)(H,27,31). The van der Waals surface area contributed by atoms with Crippen molar-refractivity contribution in [3.8, 4) is 17.2 Å². The highest BCUT2D eigenvalue weighted by Crippen LogP contribution is 2.34. The van der Waals surface area contributed by atoms with Crippen LogP contribution < -0.4 is 20.2 Å². The Morgan fingerprint density at radius 2 is 1.65 bits per heavy atom. The maximum Gasteiger partial charge on any atom is 0.318 e. The van der Waals surface area contributed by atoms with Crippen molar-refractivity contribution in [1.29, 1.82) is 0 Å². The molecule has 3 rings (SSSR count). The van der Waals surface area contributed by atoms with E-state index < -0.39 is 27.1 Å². The number of hydrogen-bond acceptors (Lipinski definition) is 9. The Hall–Kier alpha value is -5.33. The van der Waals surface area contributed by atoms with E-state index in [1.807, 2.05) is 0 Å². The molecule has 0 unspecified atom stereocenters. The van der Waals surface area contributed by atoms with E-state index in [0.717, 1.165) is 18.2 Å². The number of nitro benzene ring substituents is 2. The van der Waals surface area contributed by atoms with Crippen molar-refractivity contribution < 1.29 is 28.9 Å². The van der Waals surface area contributed by atoms with Gasteiger partial charge >= 0.3 is 5.69 Å². The first-order valence-electron chi connectivity index (χ1n) is 10.7. The minimum absolute atomic E-state index is 0.0509. The molecule has 0 bridgehead atoms. The molecular weight excluding hydrogens is 486 g/mol. The summed E-state index contributed by atoms with van der Waals surface area (Å²) in [6, 6.07) is 16.1. The average Bonchev–Trinajstić information content (AvgIpc) is 2.88. The molecule has 13 heteroatoms. The van der Waals surface area contributed by atoms with Crippen LogP contribution in [0.1, 0.15) is 18.4 Å². The highest BCUT2D eigenvalue weighted by molar-refractivity contribution is 5.93. The van der Waals surface area contributed by atoms with Crippen molar-refractivity contribution in [1.82, 2.24) is 5.43 Å². The van der Waals surface area contributed by atoms with Gasteiger partial charge in [0.1, 0.15) is 11.5 Å². The quantitative estimate of drug-likeness (QED) is 0.221. The second-order valence-corrected chi connectivity index (χ2v) is 7.41. The number of hydrazone groups is 1. The van der Waals surface area contributed by atoms with Crippen molar-refractivity contribution in [2.75, 3.05) is 12.4 Å². The molecule has 0 aromatic heterocycles. The Balaban J connectivity index is 1.52. The molecule has 0 aliphatic carbocycles. The average molecular weight is 507 g/mol. The second-order valence-electron chi connectivity index (χ2n) is 7.41. The van der Waals surface area contributed by atoms with Crippen LogP contribution in [0, 0.1) is 20.2 Å². The van der Waals surface area contributed by atoms with Gasteiger partial charge in [0.05, 0.1) is 29.2 Å². The highest BCUT2D eigenvalue weighted by atomic mass is 16.6. The third kappa shape index (κ3) is 7.85. The molecular formula is C24H21N5O8. The Kier molecular flexibility index (Phi) is 8.80. The summed E-state index contributed by atoms with van der Waals surface area (Å²) < 4.78 is 10.6. The van der Waals surface area contributed by atoms with Gasteiger partial charge in [0.2, 0.25) is 17.6 Å². The van der Waals surface area contributed by atoms with Crippen LogP contribution in [0.25, 0.3) is 0 Å². The molecule has 13 nitrogen and oxygen atoms in total. The van der Waals surface area contributed by atoms with Crippen LogP contribution in [0.15, 0.2) is 71.8 Å². The number of carbonyl (C=O) groups excluding carboxylic acids is 2. The van der Waals surface area contributed by atoms with Crippen LogP contribution in [0.4, 0.5) is 17.1 Å². The number of anilines is 1. The van der Waals surface area contributed by atoms with Crippen molar-refractivity contribution in [3.63, 3.8) is 0 Å². The van der Waals surface area contributed by atoms with Crippen molar-refractivity contribution in [3.05, 3.63) is 92.5 Å². The van der Waals surface area contributed by atoms with Crippen molar-refractivity contribution >= 4 is 35.1 Å². The lowest BCUT2D eigenvalue weighted by atomic mass is 10.2. The van der Waals surface area contributed by atoms with E-state index in [1.165, 1.54) is 25.5 Å². The van der Waals surface area contributed by atoms with Gasteiger partial charge in [-0.3, -0.25) is 29.8 Å². The third-order valence-electron chi connectivity index (χ3n) is 4.79. The maximum atomic E-state index is 12.0. The summed E-state index contributed by atoms with van der Waals surface area (Å²) in [6.07, 6.45) is 1.18. The van der Waals surface area contributed by atoms with Crippen LogP contribution in [-0.2, 0) is 9.59 Å². The molecule has 0 atom stereocenters. The van der Waals surface area contributed by atoms with Crippen LogP contribution in [-0.4, -0.2) is 35.0 Å². The molecule has 0 radical (unpaired) electrons. The largest absolute Gasteiger partial charge is 0.497 e. The summed E-state index contributed by atoms with van der Waals surface area (Å²) in [7, 11) is 1.54. The molecule has 190 valence electrons. The summed E-state index contributed by atoms with van der Waals surface area (Å²) >= 11 is 0. The van der Waals surface area contributed by atoms with E-state index >= 15 is 0 Å². The van der Waals surface area contributed by atoms with Gasteiger partial charge in [-0.2, -0.15) is 5.10 Å². The molecule has 2 N–H and O–H groups in total. The van der Waals surface area contributed by atoms with Gasteiger partial charge in [-0.15, -0.1) is 0 Å². The number of non-ortho nitro benzene ring substituents is 1. The van der Waals surface area contributed by atoms with Crippen molar-refractivity contribution in [2.45, 2.75) is 12.8 Å². The number of carbonyl (C=O) groups is 2. The number of hydrogen-bond donors (Lipinski definition) is 2. The summed E-state index contributed by atoms with van der Waals surface area (Å²) in [5, 5.41) is 28.7. The Bertz CT molecular complexity index is 1340. The maximum absolute atomic E-state index is 12.0. The van der Waals surface area contributed by atoms with Crippen LogP contribution in [0.3, 0.4) is 0 Å². The fourth-order valence-electron chi connectivity index (χ4n) is 2.99. The minimum atomic E-state index is -0.777. The molecule has 0 saturated heterocycles. The number of ether oxygens (including phenoxy) is 2. The zero-order valence-electron chi connectivity index (χ0n) is 19.5. The summed E-state index contributed by atoms with van der Waals surface area (Å²) in [5.74, 6) is -0.127. The fraction of sp³-hybridized carbons (Fsp3) is 0.125. The Morgan fingerprint density at radius 3 is 2.32 bits per heavy atom. The second kappa shape index (κ2) is 12.4. The summed E-state index contributed by atoms with van der Waals surface area (Å²) in [4.78, 5) is 44.7. The molecule has 0 heterocycles. The Morgan fingerprint density at radius 1 is 0.919 bits per heavy atom. The van der Waals surface area contributed by atoms with Gasteiger partial charge in [-0.05, 0) is 48.0 Å². The predicted molar refractivity (Wildman–Crippen MR) is 133 cm³/mol. The van der Waals surface area contributed by atoms with Gasteiger partial charge in [0, 0.05) is 24.6 Å². The lowest BCUT2D eigenvalue weighted by Crippen LogP contribution is -2.20. The van der Waals surface area contributed by atoms with E-state index in [1.54, 1.807) is 36.4 Å². The number of nitrogens with one attached hydrogen (secondary N) is 2. The number of rotatable bonds is 11. The van der Waals surface area contributed by atoms with Gasteiger partial charge in [0.15, 0.2) is 0 Å². The molecule has 0 aliphatic heterocycles. The zero-order valence-corrected chi connectivity index (χ0v) is 19.5. The number of nitrogens with zero attached hydrogens (tertiary/aromatic N) is 3. The number of amides is 2. The van der Waals surface area contributed by atoms with Crippen LogP contribution in [0.2, 0.25) is 0 Å². The topological polar surface area (TPSA) is 175 Å². The van der Waals surface area contributed by atoms with Crippen LogP contribution >= 0.6 is 0 Å². The van der Waals surface area contributed by atoms with Gasteiger partial charge < -0.3 is 14.8 Å². The lowest BCUT2D eigenvalue weighted by molar-refractivity contribution is -0.394. The lowest BCUT2D eigenvalue weighted by Gasteiger charge is -2.07. The first-order chi connectivity index (χ1) is 17.7. The first kappa shape index (κ1) is 26.3. The normalized spacial score (nSPS) is 10.5. The number of benzene rings is 3. The van der Waals surface area contributed by atoms with Gasteiger partial charge in [-0.1, -0.05) is 12.1 Å². The molecule has 2 amide bonds. The third-order valence-corrected chi connectivity index (χ3v) is 4.79. The first-order valence-corrected chi connectivity index (χ1v) is 10.7. The van der Waals surface area contributed by atoms with E-state index in [0.29, 0.717) is 17.0 Å². The molecule has 3 aromatic rings. The minimum Gasteiger partial charge on any atom is -0.497 e. The van der Waals surface area contributed by atoms with E-state index in [4.69, 9.17) is 9.47 Å². The number of nitro groups is 2. The molecule has 37 heavy (non-hydrogen) atoms. The molecule has 0 aliphatic rings. The van der Waals surface area contributed by atoms with E-state index in [2.05, 4.69) is 15.8 Å². The fourth-order valence-corrected chi connectivity index (χ4v) is 2.99. The number of methoxy groups -OCH3 is 1. The zero-order chi connectivity index (χ0) is 26.8. The summed E-state index contributed by atoms with van der Waals surface area (Å²) in [5.41, 5.74) is 2.39. The Labute approximate surface area is 210 Å². The SMILES string of the molecule is COc1ccc(NC(=O)CCC(=O)NN=Cc2cccc(Oc3ccc([N+](=O)[O-])cc3[N+](=O)[O-])c2)cc1. The van der Waals surface area contributed by atoms with Crippen molar-refractivity contribution in [2.24, 2.45) is 5.10 Å². The summed E-state index contributed by atoms with van der Waals surface area (Å²) in [6.45, 7) is 0. The van der Waals surface area contributed by atoms with Crippen LogP contribution in [0.5, 0.6) is 17.2 Å². The van der Waals surface area contributed by atoms with E-state index in [9.17, 15) is 29.8 Å². The highest BCUT2D eigenvalue weighted by Gasteiger charge is 2.21. The van der Waals surface area contributed by atoms with Gasteiger partial charge in [0.25, 0.3) is 5.69 Å². The molecule has 0 fully saturated rings. The smallest absolute Gasteiger partial charge is 0.318 e. The molecule has 0 spiro atoms. The molecule has 0 saturated carbocycles.